The number of halogens is 2. The van der Waals surface area contributed by atoms with E-state index in [4.69, 9.17) is 0 Å². The number of allylic oxidation sites excluding steroid dienone is 2. The van der Waals surface area contributed by atoms with Gasteiger partial charge in [-0.05, 0) is 0 Å². The molecule has 0 amide bonds. The van der Waals surface area contributed by atoms with Crippen LogP contribution in [0.1, 0.15) is 119 Å². The molecule has 0 aliphatic heterocycles. The summed E-state index contributed by atoms with van der Waals surface area (Å²) in [6, 6.07) is 33.6. The third-order valence-electron chi connectivity index (χ3n) is 13.5. The number of rotatable bonds is 10. The second kappa shape index (κ2) is 16.0. The molecule has 0 radical (unpaired) electrons. The quantitative estimate of drug-likeness (QED) is 0.140. The van der Waals surface area contributed by atoms with Crippen LogP contribution in [0.25, 0.3) is 34.4 Å². The van der Waals surface area contributed by atoms with Crippen molar-refractivity contribution in [2.24, 2.45) is 11.8 Å². The van der Waals surface area contributed by atoms with E-state index in [0.29, 0.717) is 7.25 Å². The number of aryl methyl sites for hydroxylation is 2. The predicted octanol–water partition coefficient (Wildman–Crippen LogP) is 14.1. The van der Waals surface area contributed by atoms with E-state index in [1.807, 2.05) is 0 Å². The Labute approximate surface area is 329 Å². The zero-order valence-corrected chi connectivity index (χ0v) is 37.6. The molecule has 4 aliphatic carbocycles. The van der Waals surface area contributed by atoms with Crippen molar-refractivity contribution >= 4 is 43.8 Å². The summed E-state index contributed by atoms with van der Waals surface area (Å²) in [5.41, 5.74) is 18.4. The normalized spacial score (nSPS) is 20.2. The minimum absolute atomic E-state index is 0. The first-order chi connectivity index (χ1) is 24.2. The zero-order chi connectivity index (χ0) is 34.5. The van der Waals surface area contributed by atoms with Gasteiger partial charge >= 0.3 is 307 Å². The SMILES string of the molecule is CCc1ccc(-c2cccc3c2C=C(CC2CCCC2)[CH]3[Zr]([CH3])([CH3])(=[SiH2])[CH]2C(CC3CCCC3)=Cc3c(-c4ccc(CC)cc4)cccc32)cc1.Cl.Cl. The van der Waals surface area contributed by atoms with Gasteiger partial charge in [-0.1, -0.05) is 0 Å². The fourth-order valence-electron chi connectivity index (χ4n) is 11.1. The minimum Gasteiger partial charge on any atom is -0.147 e. The molecule has 0 N–H and O–H groups in total. The van der Waals surface area contributed by atoms with Crippen LogP contribution in [0.3, 0.4) is 0 Å². The fourth-order valence-corrected chi connectivity index (χ4v) is 30.9. The minimum atomic E-state index is -3.77. The molecule has 0 aromatic heterocycles. The third-order valence-corrected chi connectivity index (χ3v) is 31.0. The molecule has 4 heteroatoms. The Morgan fingerprint density at radius 2 is 0.904 bits per heavy atom. The van der Waals surface area contributed by atoms with Gasteiger partial charge in [-0.25, -0.2) is 0 Å². The van der Waals surface area contributed by atoms with Crippen LogP contribution >= 0.6 is 24.8 Å². The first-order valence-corrected chi connectivity index (χ1v) is 33.8. The van der Waals surface area contributed by atoms with Crippen molar-refractivity contribution in [3.8, 4) is 22.3 Å². The van der Waals surface area contributed by atoms with Crippen LogP contribution in [0, 0.1) is 11.8 Å². The van der Waals surface area contributed by atoms with E-state index in [0.717, 1.165) is 24.7 Å². The molecule has 0 nitrogen and oxygen atoms in total. The Morgan fingerprint density at radius 3 is 1.25 bits per heavy atom. The van der Waals surface area contributed by atoms with E-state index in [1.165, 1.54) is 109 Å². The van der Waals surface area contributed by atoms with Gasteiger partial charge in [0.1, 0.15) is 0 Å². The average molecular weight is 827 g/mol. The van der Waals surface area contributed by atoms with Gasteiger partial charge in [-0.3, -0.25) is 0 Å². The van der Waals surface area contributed by atoms with Crippen molar-refractivity contribution in [3.63, 3.8) is 0 Å². The zero-order valence-electron chi connectivity index (χ0n) is 32.1. The molecule has 274 valence electrons. The van der Waals surface area contributed by atoms with Gasteiger partial charge < -0.3 is 0 Å². The van der Waals surface area contributed by atoms with Crippen LogP contribution in [0.5, 0.6) is 0 Å². The van der Waals surface area contributed by atoms with Crippen LogP contribution in [-0.2, 0) is 30.2 Å². The molecule has 0 heterocycles. The third kappa shape index (κ3) is 7.38. The maximum atomic E-state index is 2.88. The van der Waals surface area contributed by atoms with Crippen molar-refractivity contribution in [2.45, 2.75) is 107 Å². The first kappa shape index (κ1) is 39.7. The first-order valence-electron chi connectivity index (χ1n) is 20.1. The molecule has 4 aliphatic rings. The van der Waals surface area contributed by atoms with Gasteiger partial charge in [0.2, 0.25) is 0 Å². The van der Waals surface area contributed by atoms with Crippen LogP contribution in [0.2, 0.25) is 9.26 Å². The van der Waals surface area contributed by atoms with Crippen LogP contribution in [-0.4, -0.2) is 6.88 Å². The maximum Gasteiger partial charge on any atom is -0.147 e. The van der Waals surface area contributed by atoms with Crippen molar-refractivity contribution < 1.29 is 17.4 Å². The van der Waals surface area contributed by atoms with Crippen molar-refractivity contribution in [1.82, 2.24) is 0 Å². The molecular weight excluding hydrogens is 767 g/mol. The van der Waals surface area contributed by atoms with Crippen LogP contribution in [0.4, 0.5) is 0 Å². The van der Waals surface area contributed by atoms with E-state index < -0.39 is 17.4 Å². The Bertz CT molecular complexity index is 1880. The van der Waals surface area contributed by atoms with Crippen LogP contribution < -0.4 is 0 Å². The molecule has 2 saturated carbocycles. The van der Waals surface area contributed by atoms with Gasteiger partial charge in [0.15, 0.2) is 0 Å². The molecule has 8 rings (SSSR count). The molecular formula is C48H60Cl2SiZr. The standard InChI is InChI=1S/2C23H25.2CH3.2ClH.H2Si.Zr/c2*1-2-17-10-12-20(13-11-17)22-9-5-8-21-15-19(16-23(21)22)14-18-6-3-4-7-18;;;;;;/h2*5,8-13,15-16,18H,2-4,6-7,14H2,1H3;2*1H3;2*1H;1H2;. The second-order valence-electron chi connectivity index (χ2n) is 17.7. The largest absolute Gasteiger partial charge is 0.147 e. The maximum absolute atomic E-state index is 3.77. The summed E-state index contributed by atoms with van der Waals surface area (Å²) in [5, 5.41) is 0. The number of fused-ring (bicyclic) bond motifs is 2. The molecule has 4 aromatic rings. The number of hydrogen-bond acceptors (Lipinski definition) is 0. The van der Waals surface area contributed by atoms with E-state index in [2.05, 4.69) is 127 Å². The summed E-state index contributed by atoms with van der Waals surface area (Å²) >= 11 is -3.77. The number of hydrogen-bond donors (Lipinski definition) is 0. The Kier molecular flexibility index (Phi) is 12.2. The molecule has 0 saturated heterocycles. The van der Waals surface area contributed by atoms with Gasteiger partial charge in [-0.15, -0.1) is 24.8 Å². The van der Waals surface area contributed by atoms with Crippen LogP contribution in [0.15, 0.2) is 96.1 Å². The Morgan fingerprint density at radius 1 is 0.538 bits per heavy atom. The molecule has 2 unspecified atom stereocenters. The molecule has 52 heavy (non-hydrogen) atoms. The van der Waals surface area contributed by atoms with Crippen molar-refractivity contribution in [2.75, 3.05) is 0 Å². The summed E-state index contributed by atoms with van der Waals surface area (Å²) in [6.45, 7) is 7.08. The van der Waals surface area contributed by atoms with Crippen molar-refractivity contribution in [1.29, 1.82) is 0 Å². The summed E-state index contributed by atoms with van der Waals surface area (Å²) in [6.07, 6.45) is 21.5. The average Bonchev–Trinajstić information content (AvgIpc) is 3.95. The molecule has 0 bridgehead atoms. The number of benzene rings is 4. The van der Waals surface area contributed by atoms with Gasteiger partial charge in [0, 0.05) is 0 Å². The summed E-state index contributed by atoms with van der Waals surface area (Å²) in [5.74, 6) is 1.70. The topological polar surface area (TPSA) is 0 Å². The fraction of sp³-hybridized carbons (Fsp3) is 0.417. The molecule has 2 fully saturated rings. The Balaban J connectivity index is 0.00000232. The molecule has 2 atom stereocenters. The monoisotopic (exact) mass is 824 g/mol. The summed E-state index contributed by atoms with van der Waals surface area (Å²) < 4.78 is 6.93. The summed E-state index contributed by atoms with van der Waals surface area (Å²) in [4.78, 5) is 0. The van der Waals surface area contributed by atoms with E-state index in [-0.39, 0.29) is 24.8 Å². The van der Waals surface area contributed by atoms with E-state index >= 15 is 0 Å². The van der Waals surface area contributed by atoms with Gasteiger partial charge in [-0.2, -0.15) is 0 Å². The summed E-state index contributed by atoms with van der Waals surface area (Å²) in [7, 11) is 0. The Hall–Kier alpha value is -1.96. The van der Waals surface area contributed by atoms with Gasteiger partial charge in [0.25, 0.3) is 0 Å². The predicted molar refractivity (Wildman–Crippen MR) is 232 cm³/mol. The van der Waals surface area contributed by atoms with E-state index in [9.17, 15) is 0 Å². The molecule has 4 aromatic carbocycles. The smallest absolute Gasteiger partial charge is 0.147 e. The molecule has 0 spiro atoms. The van der Waals surface area contributed by atoms with Gasteiger partial charge in [0.05, 0.1) is 0 Å². The van der Waals surface area contributed by atoms with E-state index in [1.54, 1.807) is 22.3 Å². The second-order valence-corrected chi connectivity index (χ2v) is 48.1. The van der Waals surface area contributed by atoms with Crippen molar-refractivity contribution in [3.05, 3.63) is 129 Å².